The average Bonchev–Trinajstić information content (AvgIpc) is 2.85. The number of H-pyrrole nitrogens is 1. The van der Waals surface area contributed by atoms with Crippen molar-refractivity contribution in [1.82, 2.24) is 15.0 Å². The first-order valence-electron chi connectivity index (χ1n) is 5.49. The summed E-state index contributed by atoms with van der Waals surface area (Å²) in [5.74, 6) is 0.174. The van der Waals surface area contributed by atoms with E-state index in [1.165, 1.54) is 0 Å². The lowest BCUT2D eigenvalue weighted by atomic mass is 10.3. The van der Waals surface area contributed by atoms with Gasteiger partial charge in [0.15, 0.2) is 0 Å². The lowest BCUT2D eigenvalue weighted by Crippen LogP contribution is -2.36. The topological polar surface area (TPSA) is 74.0 Å². The fraction of sp³-hybridized carbons (Fsp3) is 0.600. The Morgan fingerprint density at radius 3 is 3.00 bits per heavy atom. The molecule has 0 radical (unpaired) electrons. The standard InChI is InChI=1S/C10H17N3O2S/c14-16(15,8-10-4-2-6-12-10)13-7-9-3-1-5-11-9/h1,3,5,10-13H,2,4,6-8H2. The van der Waals surface area contributed by atoms with Gasteiger partial charge in [-0.15, -0.1) is 0 Å². The molecule has 1 aromatic rings. The van der Waals surface area contributed by atoms with Crippen LogP contribution in [0.25, 0.3) is 0 Å². The molecule has 2 rings (SSSR count). The van der Waals surface area contributed by atoms with Crippen molar-refractivity contribution in [3.8, 4) is 0 Å². The molecule has 3 N–H and O–H groups in total. The van der Waals surface area contributed by atoms with E-state index in [-0.39, 0.29) is 11.8 Å². The molecule has 0 aliphatic carbocycles. The Labute approximate surface area is 95.7 Å². The Kier molecular flexibility index (Phi) is 3.63. The molecule has 1 aliphatic rings. The van der Waals surface area contributed by atoms with Crippen molar-refractivity contribution in [1.29, 1.82) is 0 Å². The molecule has 1 aromatic heterocycles. The summed E-state index contributed by atoms with van der Waals surface area (Å²) in [7, 11) is -3.17. The molecule has 1 fully saturated rings. The molecule has 0 amide bonds. The van der Waals surface area contributed by atoms with Gasteiger partial charge in [0.25, 0.3) is 0 Å². The molecule has 1 unspecified atom stereocenters. The zero-order chi connectivity index (χ0) is 11.4. The normalized spacial score (nSPS) is 21.4. The monoisotopic (exact) mass is 243 g/mol. The lowest BCUT2D eigenvalue weighted by molar-refractivity contribution is 0.563. The summed E-state index contributed by atoms with van der Waals surface area (Å²) >= 11 is 0. The van der Waals surface area contributed by atoms with E-state index in [1.54, 1.807) is 6.20 Å². The highest BCUT2D eigenvalue weighted by Gasteiger charge is 2.21. The molecule has 16 heavy (non-hydrogen) atoms. The average molecular weight is 243 g/mol. The molecule has 1 saturated heterocycles. The van der Waals surface area contributed by atoms with Crippen molar-refractivity contribution in [3.05, 3.63) is 24.0 Å². The summed E-state index contributed by atoms with van der Waals surface area (Å²) in [6.45, 7) is 1.26. The third kappa shape index (κ3) is 3.33. The van der Waals surface area contributed by atoms with E-state index < -0.39 is 10.0 Å². The number of aromatic nitrogens is 1. The quantitative estimate of drug-likeness (QED) is 0.691. The van der Waals surface area contributed by atoms with Crippen LogP contribution in [0.15, 0.2) is 18.3 Å². The summed E-state index contributed by atoms with van der Waals surface area (Å²) in [6.07, 6.45) is 3.79. The molecule has 0 aromatic carbocycles. The van der Waals surface area contributed by atoms with Crippen molar-refractivity contribution in [3.63, 3.8) is 0 Å². The molecule has 90 valence electrons. The molecule has 0 bridgehead atoms. The van der Waals surface area contributed by atoms with Crippen LogP contribution in [0.5, 0.6) is 0 Å². The van der Waals surface area contributed by atoms with E-state index in [0.29, 0.717) is 6.54 Å². The predicted octanol–water partition coefficient (Wildman–Crippen LogP) is 0.186. The Bertz CT molecular complexity index is 407. The minimum atomic E-state index is -3.17. The number of rotatable bonds is 5. The van der Waals surface area contributed by atoms with Crippen molar-refractivity contribution in [2.45, 2.75) is 25.4 Å². The zero-order valence-electron chi connectivity index (χ0n) is 9.07. The van der Waals surface area contributed by atoms with Gasteiger partial charge in [-0.25, -0.2) is 13.1 Å². The maximum absolute atomic E-state index is 11.7. The van der Waals surface area contributed by atoms with Crippen LogP contribution in [-0.2, 0) is 16.6 Å². The van der Waals surface area contributed by atoms with Gasteiger partial charge in [0.2, 0.25) is 10.0 Å². The summed E-state index contributed by atoms with van der Waals surface area (Å²) in [6, 6.07) is 3.82. The largest absolute Gasteiger partial charge is 0.364 e. The van der Waals surface area contributed by atoms with Crippen LogP contribution in [0.3, 0.4) is 0 Å². The highest BCUT2D eigenvalue weighted by Crippen LogP contribution is 2.07. The second-order valence-electron chi connectivity index (χ2n) is 4.09. The Hall–Kier alpha value is -0.850. The maximum atomic E-state index is 11.7. The number of hydrogen-bond acceptors (Lipinski definition) is 3. The van der Waals surface area contributed by atoms with Gasteiger partial charge in [-0.2, -0.15) is 0 Å². The fourth-order valence-electron chi connectivity index (χ4n) is 1.89. The number of nitrogens with one attached hydrogen (secondary N) is 3. The van der Waals surface area contributed by atoms with Gasteiger partial charge in [0.1, 0.15) is 0 Å². The summed E-state index contributed by atoms with van der Waals surface area (Å²) in [5.41, 5.74) is 0.878. The van der Waals surface area contributed by atoms with Crippen LogP contribution in [0, 0.1) is 0 Å². The third-order valence-corrected chi connectivity index (χ3v) is 4.15. The van der Waals surface area contributed by atoms with Gasteiger partial charge < -0.3 is 10.3 Å². The van der Waals surface area contributed by atoms with Gasteiger partial charge in [-0.1, -0.05) is 0 Å². The second kappa shape index (κ2) is 4.99. The minimum absolute atomic E-state index is 0.112. The SMILES string of the molecule is O=S(=O)(CC1CCCN1)NCc1ccc[nH]1. The number of hydrogen-bond donors (Lipinski definition) is 3. The van der Waals surface area contributed by atoms with E-state index in [2.05, 4.69) is 15.0 Å². The Morgan fingerprint density at radius 1 is 1.50 bits per heavy atom. The Morgan fingerprint density at radius 2 is 2.38 bits per heavy atom. The lowest BCUT2D eigenvalue weighted by Gasteiger charge is -2.11. The predicted molar refractivity (Wildman–Crippen MR) is 62.4 cm³/mol. The van der Waals surface area contributed by atoms with E-state index >= 15 is 0 Å². The van der Waals surface area contributed by atoms with E-state index in [1.807, 2.05) is 12.1 Å². The molecule has 2 heterocycles. The summed E-state index contributed by atoms with van der Waals surface area (Å²) < 4.78 is 26.0. The first kappa shape index (κ1) is 11.6. The van der Waals surface area contributed by atoms with E-state index in [0.717, 1.165) is 25.1 Å². The van der Waals surface area contributed by atoms with Crippen molar-refractivity contribution in [2.24, 2.45) is 0 Å². The molecule has 0 saturated carbocycles. The van der Waals surface area contributed by atoms with Crippen molar-refractivity contribution < 1.29 is 8.42 Å². The first-order valence-corrected chi connectivity index (χ1v) is 7.14. The number of sulfonamides is 1. The summed E-state index contributed by atoms with van der Waals surface area (Å²) in [4.78, 5) is 2.96. The van der Waals surface area contributed by atoms with Gasteiger partial charge in [0.05, 0.1) is 12.3 Å². The fourth-order valence-corrected chi connectivity index (χ4v) is 3.20. The van der Waals surface area contributed by atoms with Crippen LogP contribution in [0.2, 0.25) is 0 Å². The number of aromatic amines is 1. The minimum Gasteiger partial charge on any atom is -0.364 e. The van der Waals surface area contributed by atoms with Crippen molar-refractivity contribution >= 4 is 10.0 Å². The molecule has 5 nitrogen and oxygen atoms in total. The highest BCUT2D eigenvalue weighted by atomic mass is 32.2. The molecule has 6 heteroatoms. The zero-order valence-corrected chi connectivity index (χ0v) is 9.89. The smallest absolute Gasteiger partial charge is 0.213 e. The highest BCUT2D eigenvalue weighted by molar-refractivity contribution is 7.89. The maximum Gasteiger partial charge on any atom is 0.213 e. The van der Waals surface area contributed by atoms with Gasteiger partial charge in [-0.3, -0.25) is 0 Å². The Balaban J connectivity index is 1.82. The second-order valence-corrected chi connectivity index (χ2v) is 5.94. The van der Waals surface area contributed by atoms with Gasteiger partial charge >= 0.3 is 0 Å². The van der Waals surface area contributed by atoms with Crippen LogP contribution >= 0.6 is 0 Å². The third-order valence-electron chi connectivity index (χ3n) is 2.73. The van der Waals surface area contributed by atoms with E-state index in [9.17, 15) is 8.42 Å². The van der Waals surface area contributed by atoms with Crippen LogP contribution in [0.1, 0.15) is 18.5 Å². The van der Waals surface area contributed by atoms with Crippen LogP contribution < -0.4 is 10.0 Å². The molecule has 1 aliphatic heterocycles. The van der Waals surface area contributed by atoms with Crippen LogP contribution in [-0.4, -0.2) is 31.7 Å². The van der Waals surface area contributed by atoms with Gasteiger partial charge in [0, 0.05) is 17.9 Å². The first-order chi connectivity index (χ1) is 7.66. The van der Waals surface area contributed by atoms with Gasteiger partial charge in [-0.05, 0) is 31.5 Å². The van der Waals surface area contributed by atoms with Crippen LogP contribution in [0.4, 0.5) is 0 Å². The molecular weight excluding hydrogens is 226 g/mol. The molecule has 0 spiro atoms. The van der Waals surface area contributed by atoms with E-state index in [4.69, 9.17) is 0 Å². The molecular formula is C10H17N3O2S. The molecule has 1 atom stereocenters. The summed E-state index contributed by atoms with van der Waals surface area (Å²) in [5, 5.41) is 3.18. The van der Waals surface area contributed by atoms with Crippen molar-refractivity contribution in [2.75, 3.05) is 12.3 Å².